The third kappa shape index (κ3) is 5.39. The number of methoxy groups -OCH3 is 1. The van der Waals surface area contributed by atoms with Crippen molar-refractivity contribution in [2.75, 3.05) is 55.0 Å². The predicted molar refractivity (Wildman–Crippen MR) is 110 cm³/mol. The molecular formula is C17H34N10O. The fourth-order valence-electron chi connectivity index (χ4n) is 3.90. The molecule has 1 aromatic heterocycles. The van der Waals surface area contributed by atoms with Crippen LogP contribution in [0.2, 0.25) is 0 Å². The third-order valence-corrected chi connectivity index (χ3v) is 5.00. The standard InChI is InChI=1S/C17H34N10O/c1-10(9-28-2)22-15-23-16(26-5-11(18)3-12(19)6-26)25-17(24-15)27-7-13(20)4-14(21)8-27/h10-14H,3-9,18-21H2,1-2H3,(H,22,23,24,25)/t10?,11-,12+,13-,14+. The molecule has 5 atom stereocenters. The molecule has 0 aliphatic carbocycles. The molecule has 1 aromatic rings. The molecule has 0 amide bonds. The number of nitrogens with zero attached hydrogens (tertiary/aromatic N) is 5. The summed E-state index contributed by atoms with van der Waals surface area (Å²) >= 11 is 0. The second kappa shape index (κ2) is 9.14. The third-order valence-electron chi connectivity index (χ3n) is 5.00. The van der Waals surface area contributed by atoms with Gasteiger partial charge in [-0.15, -0.1) is 0 Å². The van der Waals surface area contributed by atoms with Gasteiger partial charge in [-0.25, -0.2) is 0 Å². The van der Waals surface area contributed by atoms with E-state index in [2.05, 4.69) is 15.3 Å². The summed E-state index contributed by atoms with van der Waals surface area (Å²) in [6.07, 6.45) is 1.58. The van der Waals surface area contributed by atoms with Gasteiger partial charge in [-0.2, -0.15) is 15.0 Å². The molecule has 2 fully saturated rings. The molecule has 3 heterocycles. The summed E-state index contributed by atoms with van der Waals surface area (Å²) in [5.41, 5.74) is 24.6. The van der Waals surface area contributed by atoms with E-state index < -0.39 is 0 Å². The molecule has 0 aromatic carbocycles. The molecule has 9 N–H and O–H groups in total. The van der Waals surface area contributed by atoms with Crippen LogP contribution in [0.3, 0.4) is 0 Å². The quantitative estimate of drug-likeness (QED) is 0.363. The van der Waals surface area contributed by atoms with Crippen molar-refractivity contribution in [2.24, 2.45) is 22.9 Å². The molecule has 2 aliphatic rings. The minimum Gasteiger partial charge on any atom is -0.383 e. The molecule has 11 heteroatoms. The Morgan fingerprint density at radius 1 is 0.893 bits per heavy atom. The van der Waals surface area contributed by atoms with Gasteiger partial charge >= 0.3 is 0 Å². The summed E-state index contributed by atoms with van der Waals surface area (Å²) in [5, 5.41) is 3.28. The Kier molecular flexibility index (Phi) is 6.83. The maximum Gasteiger partial charge on any atom is 0.232 e. The van der Waals surface area contributed by atoms with Crippen LogP contribution in [-0.2, 0) is 4.74 Å². The van der Waals surface area contributed by atoms with E-state index in [-0.39, 0.29) is 30.2 Å². The van der Waals surface area contributed by atoms with Gasteiger partial charge in [0.05, 0.1) is 6.61 Å². The van der Waals surface area contributed by atoms with Crippen molar-refractivity contribution in [3.05, 3.63) is 0 Å². The van der Waals surface area contributed by atoms with Gasteiger partial charge in [0.2, 0.25) is 17.8 Å². The van der Waals surface area contributed by atoms with E-state index in [4.69, 9.17) is 32.7 Å². The van der Waals surface area contributed by atoms with E-state index in [0.29, 0.717) is 50.6 Å². The van der Waals surface area contributed by atoms with Crippen LogP contribution >= 0.6 is 0 Å². The van der Waals surface area contributed by atoms with Crippen molar-refractivity contribution in [1.82, 2.24) is 15.0 Å². The molecule has 0 radical (unpaired) electrons. The topological polar surface area (TPSA) is 170 Å². The largest absolute Gasteiger partial charge is 0.383 e. The number of nitrogens with one attached hydrogen (secondary N) is 1. The van der Waals surface area contributed by atoms with Gasteiger partial charge in [-0.3, -0.25) is 0 Å². The Morgan fingerprint density at radius 3 is 1.71 bits per heavy atom. The van der Waals surface area contributed by atoms with E-state index in [1.807, 2.05) is 16.7 Å². The molecule has 11 nitrogen and oxygen atoms in total. The lowest BCUT2D eigenvalue weighted by Gasteiger charge is -2.37. The Labute approximate surface area is 166 Å². The summed E-state index contributed by atoms with van der Waals surface area (Å²) in [6.45, 7) is 5.17. The number of hydrogen-bond acceptors (Lipinski definition) is 11. The zero-order valence-corrected chi connectivity index (χ0v) is 16.8. The lowest BCUT2D eigenvalue weighted by molar-refractivity contribution is 0.190. The van der Waals surface area contributed by atoms with Gasteiger partial charge in [-0.1, -0.05) is 0 Å². The summed E-state index contributed by atoms with van der Waals surface area (Å²) in [7, 11) is 1.66. The van der Waals surface area contributed by atoms with E-state index in [0.717, 1.165) is 12.8 Å². The number of piperidine rings is 2. The predicted octanol–water partition coefficient (Wildman–Crippen LogP) is -1.95. The van der Waals surface area contributed by atoms with Crippen molar-refractivity contribution in [3.8, 4) is 0 Å². The molecule has 0 spiro atoms. The van der Waals surface area contributed by atoms with Crippen molar-refractivity contribution >= 4 is 17.8 Å². The van der Waals surface area contributed by atoms with Crippen LogP contribution in [0.15, 0.2) is 0 Å². The summed E-state index contributed by atoms with van der Waals surface area (Å²) in [4.78, 5) is 18.0. The first kappa shape index (κ1) is 20.9. The molecule has 0 bridgehead atoms. The normalized spacial score (nSPS) is 29.6. The van der Waals surface area contributed by atoms with E-state index >= 15 is 0 Å². The first-order valence-electron chi connectivity index (χ1n) is 9.87. The Balaban J connectivity index is 1.89. The van der Waals surface area contributed by atoms with E-state index in [1.165, 1.54) is 0 Å². The van der Waals surface area contributed by atoms with Crippen LogP contribution < -0.4 is 38.1 Å². The van der Waals surface area contributed by atoms with Crippen LogP contribution in [0.25, 0.3) is 0 Å². The number of rotatable bonds is 6. The zero-order valence-electron chi connectivity index (χ0n) is 16.8. The maximum atomic E-state index is 6.16. The minimum atomic E-state index is -0.00961. The molecule has 28 heavy (non-hydrogen) atoms. The number of hydrogen-bond donors (Lipinski definition) is 5. The van der Waals surface area contributed by atoms with Crippen molar-refractivity contribution in [2.45, 2.75) is 50.0 Å². The number of anilines is 3. The lowest BCUT2D eigenvalue weighted by Crippen LogP contribution is -2.54. The van der Waals surface area contributed by atoms with Gasteiger partial charge in [0, 0.05) is 63.5 Å². The average Bonchev–Trinajstić information content (AvgIpc) is 2.60. The van der Waals surface area contributed by atoms with Crippen LogP contribution in [0, 0.1) is 0 Å². The summed E-state index contributed by atoms with van der Waals surface area (Å²) in [6, 6.07) is 0.00771. The molecule has 2 aliphatic heterocycles. The molecule has 1 unspecified atom stereocenters. The molecule has 158 valence electrons. The fraction of sp³-hybridized carbons (Fsp3) is 0.824. The highest BCUT2D eigenvalue weighted by Crippen LogP contribution is 2.22. The van der Waals surface area contributed by atoms with Gasteiger partial charge < -0.3 is 42.8 Å². The zero-order chi connectivity index (χ0) is 20.3. The van der Waals surface area contributed by atoms with Gasteiger partial charge in [0.1, 0.15) is 0 Å². The highest BCUT2D eigenvalue weighted by Gasteiger charge is 2.28. The summed E-state index contributed by atoms with van der Waals surface area (Å²) < 4.78 is 5.20. The van der Waals surface area contributed by atoms with Gasteiger partial charge in [-0.05, 0) is 19.8 Å². The Morgan fingerprint density at radius 2 is 1.32 bits per heavy atom. The first-order chi connectivity index (χ1) is 13.3. The van der Waals surface area contributed by atoms with Gasteiger partial charge in [0.15, 0.2) is 0 Å². The number of ether oxygens (including phenoxy) is 1. The molecule has 3 rings (SSSR count). The summed E-state index contributed by atoms with van der Waals surface area (Å²) in [5.74, 6) is 1.62. The van der Waals surface area contributed by atoms with E-state index in [9.17, 15) is 0 Å². The molecular weight excluding hydrogens is 360 g/mol. The monoisotopic (exact) mass is 394 g/mol. The van der Waals surface area contributed by atoms with Crippen LogP contribution in [0.4, 0.5) is 17.8 Å². The van der Waals surface area contributed by atoms with Gasteiger partial charge in [0.25, 0.3) is 0 Å². The lowest BCUT2D eigenvalue weighted by atomic mass is 10.0. The Bertz CT molecular complexity index is 582. The second-order valence-electron chi connectivity index (χ2n) is 8.08. The first-order valence-corrected chi connectivity index (χ1v) is 9.87. The highest BCUT2D eigenvalue weighted by atomic mass is 16.5. The second-order valence-corrected chi connectivity index (χ2v) is 8.08. The maximum absolute atomic E-state index is 6.16. The van der Waals surface area contributed by atoms with Crippen molar-refractivity contribution < 1.29 is 4.74 Å². The highest BCUT2D eigenvalue weighted by molar-refractivity contribution is 5.47. The fourth-order valence-corrected chi connectivity index (χ4v) is 3.90. The molecule has 0 saturated carbocycles. The van der Waals surface area contributed by atoms with E-state index in [1.54, 1.807) is 7.11 Å². The smallest absolute Gasteiger partial charge is 0.232 e. The minimum absolute atomic E-state index is 0.00961. The van der Waals surface area contributed by atoms with Crippen LogP contribution in [0.1, 0.15) is 19.8 Å². The molecule has 2 saturated heterocycles. The Hall–Kier alpha value is -1.79. The van der Waals surface area contributed by atoms with Crippen LogP contribution in [0.5, 0.6) is 0 Å². The van der Waals surface area contributed by atoms with Crippen molar-refractivity contribution in [1.29, 1.82) is 0 Å². The average molecular weight is 395 g/mol. The number of aromatic nitrogens is 3. The SMILES string of the molecule is COCC(C)Nc1nc(N2C[C@H](N)C[C@H](N)C2)nc(N2C[C@H](N)C[C@H](N)C2)n1. The number of nitrogens with two attached hydrogens (primary N) is 4. The van der Waals surface area contributed by atoms with Crippen LogP contribution in [-0.4, -0.2) is 85.1 Å². The van der Waals surface area contributed by atoms with Crippen molar-refractivity contribution in [3.63, 3.8) is 0 Å².